The molecule has 1 unspecified atom stereocenters. The summed E-state index contributed by atoms with van der Waals surface area (Å²) < 4.78 is 6.57. The van der Waals surface area contributed by atoms with Crippen LogP contribution in [0.5, 0.6) is 0 Å². The van der Waals surface area contributed by atoms with Crippen molar-refractivity contribution >= 4 is 0 Å². The van der Waals surface area contributed by atoms with E-state index in [2.05, 4.69) is 39.9 Å². The van der Waals surface area contributed by atoms with Crippen molar-refractivity contribution in [2.45, 2.75) is 78.6 Å². The predicted octanol–water partition coefficient (Wildman–Crippen LogP) is 3.95. The second-order valence-corrected chi connectivity index (χ2v) is 7.47. The van der Waals surface area contributed by atoms with E-state index >= 15 is 0 Å². The average molecular weight is 253 g/mol. The molecule has 18 heavy (non-hydrogen) atoms. The van der Waals surface area contributed by atoms with Gasteiger partial charge in [0.1, 0.15) is 5.72 Å². The largest absolute Gasteiger partial charge is 0.357 e. The first kappa shape index (κ1) is 14.3. The van der Waals surface area contributed by atoms with Crippen LogP contribution in [0.1, 0.15) is 66.7 Å². The molecule has 106 valence electrons. The van der Waals surface area contributed by atoms with Gasteiger partial charge in [-0.05, 0) is 37.5 Å². The summed E-state index contributed by atoms with van der Waals surface area (Å²) >= 11 is 0. The fourth-order valence-corrected chi connectivity index (χ4v) is 3.82. The monoisotopic (exact) mass is 253 g/mol. The Labute approximate surface area is 113 Å². The number of hydrogen-bond acceptors (Lipinski definition) is 2. The van der Waals surface area contributed by atoms with Gasteiger partial charge in [-0.1, -0.05) is 41.0 Å². The molecule has 1 atom stereocenters. The zero-order valence-electron chi connectivity index (χ0n) is 12.9. The van der Waals surface area contributed by atoms with E-state index in [0.29, 0.717) is 12.0 Å². The standard InChI is InChI=1S/C16H31NO/c1-6-13-7-9-16(10-8-13)17-11-15(4,5)14(18-16)12(2)3/h12-14,17H,6-11H2,1-5H3. The molecule has 1 aliphatic heterocycles. The second-order valence-electron chi connectivity index (χ2n) is 7.47. The lowest BCUT2D eigenvalue weighted by Gasteiger charge is -2.53. The van der Waals surface area contributed by atoms with Gasteiger partial charge in [0.15, 0.2) is 0 Å². The van der Waals surface area contributed by atoms with Gasteiger partial charge in [-0.2, -0.15) is 0 Å². The molecular formula is C16H31NO. The highest BCUT2D eigenvalue weighted by atomic mass is 16.5. The lowest BCUT2D eigenvalue weighted by Crippen LogP contribution is -2.63. The quantitative estimate of drug-likeness (QED) is 0.804. The fourth-order valence-electron chi connectivity index (χ4n) is 3.82. The van der Waals surface area contributed by atoms with E-state index in [9.17, 15) is 0 Å². The van der Waals surface area contributed by atoms with Gasteiger partial charge >= 0.3 is 0 Å². The van der Waals surface area contributed by atoms with Crippen molar-refractivity contribution in [3.05, 3.63) is 0 Å². The summed E-state index contributed by atoms with van der Waals surface area (Å²) in [5.41, 5.74) is 0.247. The average Bonchev–Trinajstić information content (AvgIpc) is 2.33. The summed E-state index contributed by atoms with van der Waals surface area (Å²) in [4.78, 5) is 0. The van der Waals surface area contributed by atoms with Gasteiger partial charge in [-0.15, -0.1) is 0 Å². The maximum Gasteiger partial charge on any atom is 0.119 e. The first-order valence-electron chi connectivity index (χ1n) is 7.81. The molecule has 2 nitrogen and oxygen atoms in total. The van der Waals surface area contributed by atoms with E-state index in [1.165, 1.54) is 32.1 Å². The lowest BCUT2D eigenvalue weighted by atomic mass is 9.75. The van der Waals surface area contributed by atoms with E-state index in [1.807, 2.05) is 0 Å². The molecule has 1 heterocycles. The molecular weight excluding hydrogens is 222 g/mol. The van der Waals surface area contributed by atoms with E-state index in [-0.39, 0.29) is 11.1 Å². The third-order valence-corrected chi connectivity index (χ3v) is 5.08. The third-order valence-electron chi connectivity index (χ3n) is 5.08. The van der Waals surface area contributed by atoms with Crippen LogP contribution >= 0.6 is 0 Å². The van der Waals surface area contributed by atoms with Gasteiger partial charge in [-0.25, -0.2) is 0 Å². The minimum absolute atomic E-state index is 0.00384. The fraction of sp³-hybridized carbons (Fsp3) is 1.00. The minimum Gasteiger partial charge on any atom is -0.357 e. The Morgan fingerprint density at radius 2 is 1.83 bits per heavy atom. The van der Waals surface area contributed by atoms with Crippen LogP contribution < -0.4 is 5.32 Å². The van der Waals surface area contributed by atoms with Crippen molar-refractivity contribution in [2.75, 3.05) is 6.54 Å². The first-order valence-corrected chi connectivity index (χ1v) is 7.81. The molecule has 1 spiro atoms. The zero-order chi connectivity index (χ0) is 13.4. The number of nitrogens with one attached hydrogen (secondary N) is 1. The van der Waals surface area contributed by atoms with E-state index in [0.717, 1.165) is 12.5 Å². The van der Waals surface area contributed by atoms with Crippen LogP contribution in [0.3, 0.4) is 0 Å². The summed E-state index contributed by atoms with van der Waals surface area (Å²) in [6, 6.07) is 0. The molecule has 2 rings (SSSR count). The Hall–Kier alpha value is -0.0800. The Bertz CT molecular complexity index is 277. The smallest absolute Gasteiger partial charge is 0.119 e. The SMILES string of the molecule is CCC1CCC2(CC1)NCC(C)(C)C(C(C)C)O2. The lowest BCUT2D eigenvalue weighted by molar-refractivity contribution is -0.218. The highest BCUT2D eigenvalue weighted by molar-refractivity contribution is 4.96. The van der Waals surface area contributed by atoms with Gasteiger partial charge in [-0.3, -0.25) is 5.32 Å². The van der Waals surface area contributed by atoms with Gasteiger partial charge < -0.3 is 4.74 Å². The van der Waals surface area contributed by atoms with Crippen molar-refractivity contribution < 1.29 is 4.74 Å². The molecule has 2 aliphatic rings. The number of ether oxygens (including phenoxy) is 1. The Morgan fingerprint density at radius 1 is 1.22 bits per heavy atom. The summed E-state index contributed by atoms with van der Waals surface area (Å²) in [7, 11) is 0. The van der Waals surface area contributed by atoms with Gasteiger partial charge in [0, 0.05) is 12.0 Å². The van der Waals surface area contributed by atoms with Crippen molar-refractivity contribution in [1.29, 1.82) is 0 Å². The summed E-state index contributed by atoms with van der Waals surface area (Å²) in [6.07, 6.45) is 6.77. The topological polar surface area (TPSA) is 21.3 Å². The maximum atomic E-state index is 6.57. The van der Waals surface area contributed by atoms with Crippen molar-refractivity contribution in [3.8, 4) is 0 Å². The highest BCUT2D eigenvalue weighted by Crippen LogP contribution is 2.42. The molecule has 0 aromatic heterocycles. The van der Waals surface area contributed by atoms with Crippen LogP contribution in [0, 0.1) is 17.3 Å². The van der Waals surface area contributed by atoms with E-state index in [4.69, 9.17) is 4.74 Å². The molecule has 0 radical (unpaired) electrons. The molecule has 2 fully saturated rings. The number of rotatable bonds is 2. The van der Waals surface area contributed by atoms with Crippen LogP contribution in [-0.2, 0) is 4.74 Å². The van der Waals surface area contributed by atoms with Crippen LogP contribution in [0.4, 0.5) is 0 Å². The van der Waals surface area contributed by atoms with E-state index in [1.54, 1.807) is 0 Å². The Kier molecular flexibility index (Phi) is 4.08. The van der Waals surface area contributed by atoms with Crippen LogP contribution in [0.15, 0.2) is 0 Å². The summed E-state index contributed by atoms with van der Waals surface area (Å²) in [6.45, 7) is 12.7. The molecule has 0 bridgehead atoms. The molecule has 1 N–H and O–H groups in total. The minimum atomic E-state index is -0.00384. The summed E-state index contributed by atoms with van der Waals surface area (Å²) in [5.74, 6) is 1.52. The second kappa shape index (κ2) is 5.13. The number of hydrogen-bond donors (Lipinski definition) is 1. The Morgan fingerprint density at radius 3 is 2.33 bits per heavy atom. The molecule has 0 amide bonds. The van der Waals surface area contributed by atoms with Crippen molar-refractivity contribution in [1.82, 2.24) is 5.32 Å². The van der Waals surface area contributed by atoms with Gasteiger partial charge in [0.25, 0.3) is 0 Å². The van der Waals surface area contributed by atoms with Gasteiger partial charge in [0.2, 0.25) is 0 Å². The highest BCUT2D eigenvalue weighted by Gasteiger charge is 2.47. The predicted molar refractivity (Wildman–Crippen MR) is 76.5 cm³/mol. The maximum absolute atomic E-state index is 6.57. The van der Waals surface area contributed by atoms with E-state index < -0.39 is 0 Å². The Balaban J connectivity index is 2.04. The molecule has 1 aliphatic carbocycles. The molecule has 1 saturated heterocycles. The molecule has 0 aromatic rings. The first-order chi connectivity index (χ1) is 8.38. The molecule has 0 aromatic carbocycles. The van der Waals surface area contributed by atoms with Crippen LogP contribution in [0.25, 0.3) is 0 Å². The van der Waals surface area contributed by atoms with Crippen molar-refractivity contribution in [2.24, 2.45) is 17.3 Å². The van der Waals surface area contributed by atoms with Crippen LogP contribution in [-0.4, -0.2) is 18.4 Å². The normalized spacial score (nSPS) is 40.3. The molecule has 1 saturated carbocycles. The summed E-state index contributed by atoms with van der Waals surface area (Å²) in [5, 5.41) is 3.73. The van der Waals surface area contributed by atoms with Crippen LogP contribution in [0.2, 0.25) is 0 Å². The zero-order valence-corrected chi connectivity index (χ0v) is 12.9. The molecule has 2 heteroatoms. The van der Waals surface area contributed by atoms with Gasteiger partial charge in [0.05, 0.1) is 6.10 Å². The third kappa shape index (κ3) is 2.75. The van der Waals surface area contributed by atoms with Crippen molar-refractivity contribution in [3.63, 3.8) is 0 Å².